The Balaban J connectivity index is 2.41. The molecule has 0 saturated carbocycles. The number of hydrogen-bond donors (Lipinski definition) is 0. The number of ether oxygens (including phenoxy) is 1. The first-order valence-corrected chi connectivity index (χ1v) is 7.28. The van der Waals surface area contributed by atoms with Crippen LogP contribution in [0, 0.1) is 0 Å². The molecule has 1 fully saturated rings. The van der Waals surface area contributed by atoms with Crippen LogP contribution in [-0.2, 0) is 20.5 Å². The smallest absolute Gasteiger partial charge is 0.465 e. The second kappa shape index (κ2) is 5.46. The van der Waals surface area contributed by atoms with Gasteiger partial charge >= 0.3 is 13.1 Å². The van der Waals surface area contributed by atoms with Gasteiger partial charge in [0.25, 0.3) is 0 Å². The van der Waals surface area contributed by atoms with Crippen molar-refractivity contribution < 1.29 is 18.8 Å². The Hall–Kier alpha value is -1.33. The van der Waals surface area contributed by atoms with Crippen molar-refractivity contribution in [3.05, 3.63) is 29.3 Å². The summed E-state index contributed by atoms with van der Waals surface area (Å²) in [4.78, 5) is 11.7. The standard InChI is InChI=1S/C16H23BO4/c1-7-11-8-9-12(14(18)19-6)10-13(11)17-20-15(2,3)16(4,5)21-17/h8-10H,7H2,1-6H3. The van der Waals surface area contributed by atoms with E-state index in [0.717, 1.165) is 17.4 Å². The van der Waals surface area contributed by atoms with Gasteiger partial charge in [0.15, 0.2) is 0 Å². The van der Waals surface area contributed by atoms with E-state index in [9.17, 15) is 4.79 Å². The number of hydrogen-bond acceptors (Lipinski definition) is 4. The molecule has 1 saturated heterocycles. The van der Waals surface area contributed by atoms with Gasteiger partial charge in [-0.2, -0.15) is 0 Å². The van der Waals surface area contributed by atoms with Crippen molar-refractivity contribution in [2.45, 2.75) is 52.2 Å². The molecule has 1 aliphatic rings. The molecule has 114 valence electrons. The number of carbonyl (C=O) groups excluding carboxylic acids is 1. The van der Waals surface area contributed by atoms with Crippen LogP contribution in [0.25, 0.3) is 0 Å². The molecule has 21 heavy (non-hydrogen) atoms. The fourth-order valence-corrected chi connectivity index (χ4v) is 2.35. The first kappa shape index (κ1) is 16.1. The third-order valence-electron chi connectivity index (χ3n) is 4.46. The summed E-state index contributed by atoms with van der Waals surface area (Å²) in [5.74, 6) is -0.351. The molecule has 0 spiro atoms. The molecule has 1 aliphatic heterocycles. The Bertz CT molecular complexity index is 535. The Morgan fingerprint density at radius 3 is 2.24 bits per heavy atom. The molecule has 4 nitrogen and oxygen atoms in total. The van der Waals surface area contributed by atoms with Gasteiger partial charge in [-0.05, 0) is 57.3 Å². The molecule has 0 aromatic heterocycles. The minimum absolute atomic E-state index is 0.351. The highest BCUT2D eigenvalue weighted by Crippen LogP contribution is 2.36. The van der Waals surface area contributed by atoms with Crippen LogP contribution in [0.15, 0.2) is 18.2 Å². The van der Waals surface area contributed by atoms with Crippen molar-refractivity contribution >= 4 is 18.6 Å². The highest BCUT2D eigenvalue weighted by molar-refractivity contribution is 6.62. The molecule has 0 bridgehead atoms. The van der Waals surface area contributed by atoms with Gasteiger partial charge in [-0.15, -0.1) is 0 Å². The van der Waals surface area contributed by atoms with Crippen molar-refractivity contribution in [1.29, 1.82) is 0 Å². The van der Waals surface area contributed by atoms with Crippen LogP contribution in [-0.4, -0.2) is 31.4 Å². The van der Waals surface area contributed by atoms with Gasteiger partial charge in [-0.25, -0.2) is 4.79 Å². The Morgan fingerprint density at radius 1 is 1.19 bits per heavy atom. The number of methoxy groups -OCH3 is 1. The lowest BCUT2D eigenvalue weighted by Gasteiger charge is -2.32. The minimum atomic E-state index is -0.463. The molecule has 0 amide bonds. The zero-order valence-electron chi connectivity index (χ0n) is 13.6. The molecule has 1 heterocycles. The Kier molecular flexibility index (Phi) is 4.18. The van der Waals surface area contributed by atoms with Crippen molar-refractivity contribution in [2.24, 2.45) is 0 Å². The van der Waals surface area contributed by atoms with Crippen molar-refractivity contribution in [3.63, 3.8) is 0 Å². The zero-order chi connectivity index (χ0) is 15.8. The summed E-state index contributed by atoms with van der Waals surface area (Å²) in [7, 11) is 0.916. The van der Waals surface area contributed by atoms with E-state index in [1.807, 2.05) is 39.8 Å². The molecule has 0 radical (unpaired) electrons. The summed E-state index contributed by atoms with van der Waals surface area (Å²) < 4.78 is 17.0. The van der Waals surface area contributed by atoms with E-state index in [-0.39, 0.29) is 5.97 Å². The minimum Gasteiger partial charge on any atom is -0.465 e. The van der Waals surface area contributed by atoms with E-state index < -0.39 is 18.3 Å². The topological polar surface area (TPSA) is 44.8 Å². The monoisotopic (exact) mass is 290 g/mol. The van der Waals surface area contributed by atoms with Crippen molar-refractivity contribution in [3.8, 4) is 0 Å². The maximum absolute atomic E-state index is 11.7. The van der Waals surface area contributed by atoms with Gasteiger partial charge < -0.3 is 14.0 Å². The van der Waals surface area contributed by atoms with E-state index in [2.05, 4.69) is 6.92 Å². The molecular weight excluding hydrogens is 267 g/mol. The van der Waals surface area contributed by atoms with Crippen LogP contribution in [0.2, 0.25) is 0 Å². The van der Waals surface area contributed by atoms with Crippen molar-refractivity contribution in [2.75, 3.05) is 7.11 Å². The van der Waals surface area contributed by atoms with E-state index in [1.165, 1.54) is 7.11 Å². The number of carbonyl (C=O) groups is 1. The largest absolute Gasteiger partial charge is 0.495 e. The highest BCUT2D eigenvalue weighted by atomic mass is 16.7. The van der Waals surface area contributed by atoms with Gasteiger partial charge in [0.05, 0.1) is 23.9 Å². The number of rotatable bonds is 3. The molecule has 0 unspecified atom stereocenters. The van der Waals surface area contributed by atoms with Crippen LogP contribution in [0.4, 0.5) is 0 Å². The third-order valence-corrected chi connectivity index (χ3v) is 4.46. The average molecular weight is 290 g/mol. The van der Waals surface area contributed by atoms with E-state index >= 15 is 0 Å². The second-order valence-electron chi connectivity index (χ2n) is 6.35. The molecule has 1 aromatic rings. The van der Waals surface area contributed by atoms with E-state index in [0.29, 0.717) is 5.56 Å². The molecule has 0 N–H and O–H groups in total. The van der Waals surface area contributed by atoms with Gasteiger partial charge in [0.2, 0.25) is 0 Å². The maximum Gasteiger partial charge on any atom is 0.495 e. The fourth-order valence-electron chi connectivity index (χ4n) is 2.35. The van der Waals surface area contributed by atoms with Crippen LogP contribution in [0.3, 0.4) is 0 Å². The third kappa shape index (κ3) is 2.85. The lowest BCUT2D eigenvalue weighted by molar-refractivity contribution is 0.00578. The normalized spacial score (nSPS) is 19.6. The maximum atomic E-state index is 11.7. The van der Waals surface area contributed by atoms with Gasteiger partial charge in [-0.3, -0.25) is 0 Å². The van der Waals surface area contributed by atoms with E-state index in [1.54, 1.807) is 6.07 Å². The van der Waals surface area contributed by atoms with Crippen LogP contribution in [0.1, 0.15) is 50.5 Å². The fraction of sp³-hybridized carbons (Fsp3) is 0.562. The first-order chi connectivity index (χ1) is 9.71. The molecule has 5 heteroatoms. The Labute approximate surface area is 126 Å². The first-order valence-electron chi connectivity index (χ1n) is 7.28. The predicted octanol–water partition coefficient (Wildman–Crippen LogP) is 2.33. The number of benzene rings is 1. The molecule has 0 aliphatic carbocycles. The SMILES string of the molecule is CCc1ccc(C(=O)OC)cc1B1OC(C)(C)C(C)(C)O1. The van der Waals surface area contributed by atoms with Crippen LogP contribution in [0.5, 0.6) is 0 Å². The summed E-state index contributed by atoms with van der Waals surface area (Å²) in [6, 6.07) is 5.53. The van der Waals surface area contributed by atoms with Crippen LogP contribution >= 0.6 is 0 Å². The lowest BCUT2D eigenvalue weighted by atomic mass is 9.74. The van der Waals surface area contributed by atoms with Gasteiger partial charge in [0, 0.05) is 0 Å². The summed E-state index contributed by atoms with van der Waals surface area (Å²) in [5.41, 5.74) is 1.73. The van der Waals surface area contributed by atoms with Crippen LogP contribution < -0.4 is 5.46 Å². The van der Waals surface area contributed by atoms with Crippen molar-refractivity contribution in [1.82, 2.24) is 0 Å². The van der Waals surface area contributed by atoms with Gasteiger partial charge in [-0.1, -0.05) is 13.0 Å². The van der Waals surface area contributed by atoms with E-state index in [4.69, 9.17) is 14.0 Å². The summed E-state index contributed by atoms with van der Waals surface area (Å²) in [5, 5.41) is 0. The van der Waals surface area contributed by atoms with Gasteiger partial charge in [0.1, 0.15) is 0 Å². The molecular formula is C16H23BO4. The number of aryl methyl sites for hydroxylation is 1. The molecule has 0 atom stereocenters. The zero-order valence-corrected chi connectivity index (χ0v) is 13.6. The highest BCUT2D eigenvalue weighted by Gasteiger charge is 2.52. The molecule has 2 rings (SSSR count). The average Bonchev–Trinajstić information content (AvgIpc) is 2.65. The molecule has 1 aromatic carbocycles. The number of esters is 1. The summed E-state index contributed by atoms with van der Waals surface area (Å²) in [6.45, 7) is 10.1. The second-order valence-corrected chi connectivity index (χ2v) is 6.35. The quantitative estimate of drug-likeness (QED) is 0.633. The Morgan fingerprint density at radius 2 is 1.76 bits per heavy atom. The lowest BCUT2D eigenvalue weighted by Crippen LogP contribution is -2.41. The summed E-state index contributed by atoms with van der Waals surface area (Å²) in [6.07, 6.45) is 0.848. The summed E-state index contributed by atoms with van der Waals surface area (Å²) >= 11 is 0. The predicted molar refractivity (Wildman–Crippen MR) is 82.9 cm³/mol.